The van der Waals surface area contributed by atoms with E-state index in [4.69, 9.17) is 15.9 Å². The van der Waals surface area contributed by atoms with Crippen molar-refractivity contribution >= 4 is 35.6 Å². The van der Waals surface area contributed by atoms with Crippen molar-refractivity contribution in [3.8, 4) is 0 Å². The quantitative estimate of drug-likeness (QED) is 0.157. The number of carboxylic acids is 3. The molecule has 0 radical (unpaired) electrons. The number of hydrogen-bond acceptors (Lipinski definition) is 6. The molecular formula is C23H33N3O9. The number of nitrogens with one attached hydrogen (secondary N) is 2. The maximum absolute atomic E-state index is 12.9. The monoisotopic (exact) mass is 495 g/mol. The molecule has 194 valence electrons. The Bertz CT molecular complexity index is 893. The molecule has 0 heterocycles. The molecule has 35 heavy (non-hydrogen) atoms. The summed E-state index contributed by atoms with van der Waals surface area (Å²) in [4.78, 5) is 70.4. The average molecular weight is 496 g/mol. The highest BCUT2D eigenvalue weighted by atomic mass is 16.4. The molecule has 3 atom stereocenters. The van der Waals surface area contributed by atoms with Gasteiger partial charge in [0.15, 0.2) is 0 Å². The van der Waals surface area contributed by atoms with Crippen LogP contribution in [-0.4, -0.2) is 63.0 Å². The van der Waals surface area contributed by atoms with Crippen LogP contribution in [-0.2, 0) is 28.8 Å². The van der Waals surface area contributed by atoms with Crippen molar-refractivity contribution in [3.63, 3.8) is 0 Å². The number of nitrogens with two attached hydrogens (primary N) is 1. The predicted molar refractivity (Wildman–Crippen MR) is 125 cm³/mol. The number of rotatable bonds is 17. The normalized spacial score (nSPS) is 13.9. The molecule has 12 heteroatoms. The lowest BCUT2D eigenvalue weighted by molar-refractivity contribution is -0.142. The van der Waals surface area contributed by atoms with Gasteiger partial charge < -0.3 is 31.7 Å². The Morgan fingerprint density at radius 1 is 0.829 bits per heavy atom. The lowest BCUT2D eigenvalue weighted by Crippen LogP contribution is -2.54. The molecule has 0 aliphatic carbocycles. The molecule has 0 bridgehead atoms. The van der Waals surface area contributed by atoms with Crippen molar-refractivity contribution in [2.75, 3.05) is 0 Å². The first-order valence-corrected chi connectivity index (χ1v) is 10.8. The average Bonchev–Trinajstić information content (AvgIpc) is 2.74. The third-order valence-corrected chi connectivity index (χ3v) is 4.81. The first kappa shape index (κ1) is 31.0. The summed E-state index contributed by atoms with van der Waals surface area (Å²) >= 11 is 0. The standard InChI is InChI=1S/C23H33N3O9/c1-4-14(6-5-13(2)3)11-15(12-20(31)32)22(34)26-17(8-10-19(29)30)23(35)25-16(21(24)33)7-9-18(27)28/h4-6,15-17H,2,7-12H2,1,3H3,(H2,24,33)(H,25,35)(H,26,34)(H,27,28)(H,29,30)(H,31,32)/b6-5-,14-4+/t15-,16+,17?/m1/s1. The molecule has 12 nitrogen and oxygen atoms in total. The zero-order chi connectivity index (χ0) is 27.1. The third kappa shape index (κ3) is 14.0. The van der Waals surface area contributed by atoms with Crippen molar-refractivity contribution in [2.24, 2.45) is 11.7 Å². The number of allylic oxidation sites excluding steroid dienone is 5. The van der Waals surface area contributed by atoms with Crippen LogP contribution in [0.5, 0.6) is 0 Å². The number of primary amides is 1. The molecule has 0 spiro atoms. The Kier molecular flexibility index (Phi) is 14.0. The molecule has 3 amide bonds. The summed E-state index contributed by atoms with van der Waals surface area (Å²) in [5.41, 5.74) is 6.58. The minimum Gasteiger partial charge on any atom is -0.481 e. The second-order valence-corrected chi connectivity index (χ2v) is 7.93. The van der Waals surface area contributed by atoms with Gasteiger partial charge in [-0.2, -0.15) is 0 Å². The lowest BCUT2D eigenvalue weighted by atomic mass is 9.93. The van der Waals surface area contributed by atoms with Crippen LogP contribution in [0.4, 0.5) is 0 Å². The molecule has 0 aliphatic heterocycles. The Morgan fingerprint density at radius 2 is 1.34 bits per heavy atom. The van der Waals surface area contributed by atoms with Gasteiger partial charge in [0.05, 0.1) is 12.3 Å². The van der Waals surface area contributed by atoms with Gasteiger partial charge in [0.2, 0.25) is 17.7 Å². The molecule has 0 aromatic heterocycles. The van der Waals surface area contributed by atoms with Gasteiger partial charge in [0.1, 0.15) is 12.1 Å². The highest BCUT2D eigenvalue weighted by Gasteiger charge is 2.30. The van der Waals surface area contributed by atoms with E-state index in [1.165, 1.54) is 0 Å². The van der Waals surface area contributed by atoms with Crippen molar-refractivity contribution in [3.05, 3.63) is 36.0 Å². The highest BCUT2D eigenvalue weighted by molar-refractivity contribution is 5.93. The number of amides is 3. The van der Waals surface area contributed by atoms with Crippen molar-refractivity contribution in [1.29, 1.82) is 0 Å². The van der Waals surface area contributed by atoms with Gasteiger partial charge in [0, 0.05) is 12.8 Å². The van der Waals surface area contributed by atoms with Gasteiger partial charge in [-0.05, 0) is 33.1 Å². The summed E-state index contributed by atoms with van der Waals surface area (Å²) in [6, 6.07) is -2.79. The van der Waals surface area contributed by atoms with Crippen LogP contribution < -0.4 is 16.4 Å². The Hall–Kier alpha value is -3.96. The fourth-order valence-corrected chi connectivity index (χ4v) is 2.94. The summed E-state index contributed by atoms with van der Waals surface area (Å²) < 4.78 is 0. The van der Waals surface area contributed by atoms with E-state index in [-0.39, 0.29) is 19.3 Å². The molecule has 0 saturated heterocycles. The molecule has 0 aromatic rings. The molecule has 0 aromatic carbocycles. The lowest BCUT2D eigenvalue weighted by Gasteiger charge is -2.23. The first-order valence-electron chi connectivity index (χ1n) is 10.8. The van der Waals surface area contributed by atoms with Crippen LogP contribution in [0.3, 0.4) is 0 Å². The van der Waals surface area contributed by atoms with Crippen LogP contribution in [0.2, 0.25) is 0 Å². The van der Waals surface area contributed by atoms with Crippen molar-refractivity contribution in [2.45, 2.75) is 64.5 Å². The molecule has 0 fully saturated rings. The Labute approximate surface area is 202 Å². The second kappa shape index (κ2) is 15.8. The van der Waals surface area contributed by atoms with Gasteiger partial charge in [-0.3, -0.25) is 28.8 Å². The summed E-state index contributed by atoms with van der Waals surface area (Å²) in [7, 11) is 0. The molecule has 1 unspecified atom stereocenters. The number of carbonyl (C=O) groups is 6. The van der Waals surface area contributed by atoms with Crippen molar-refractivity contribution in [1.82, 2.24) is 10.6 Å². The van der Waals surface area contributed by atoms with Gasteiger partial charge in [-0.15, -0.1) is 0 Å². The van der Waals surface area contributed by atoms with E-state index >= 15 is 0 Å². The van der Waals surface area contributed by atoms with Crippen LogP contribution in [0.15, 0.2) is 36.0 Å². The number of aliphatic carboxylic acids is 3. The number of carbonyl (C=O) groups excluding carboxylic acids is 3. The first-order chi connectivity index (χ1) is 16.3. The molecular weight excluding hydrogens is 462 g/mol. The Morgan fingerprint density at radius 3 is 1.77 bits per heavy atom. The summed E-state index contributed by atoms with van der Waals surface area (Å²) in [6.07, 6.45) is 2.88. The van der Waals surface area contributed by atoms with E-state index in [9.17, 15) is 33.9 Å². The SMILES string of the molecule is C=C(C)/C=C\C(=C/C)C[C@H](CC(=O)O)C(=O)NC(CCC(=O)O)C(=O)N[C@@H](CCC(=O)O)C(N)=O. The van der Waals surface area contributed by atoms with Crippen LogP contribution in [0.25, 0.3) is 0 Å². The smallest absolute Gasteiger partial charge is 0.304 e. The summed E-state index contributed by atoms with van der Waals surface area (Å²) in [5, 5.41) is 31.6. The van der Waals surface area contributed by atoms with Gasteiger partial charge >= 0.3 is 17.9 Å². The number of hydrogen-bond donors (Lipinski definition) is 6. The molecule has 0 rings (SSSR count). The van der Waals surface area contributed by atoms with E-state index in [0.717, 1.165) is 5.57 Å². The summed E-state index contributed by atoms with van der Waals surface area (Å²) in [6.45, 7) is 7.19. The predicted octanol–water partition coefficient (Wildman–Crippen LogP) is 0.731. The molecule has 0 saturated carbocycles. The Balaban J connectivity index is 5.71. The van der Waals surface area contributed by atoms with Crippen LogP contribution in [0.1, 0.15) is 52.4 Å². The van der Waals surface area contributed by atoms with E-state index in [0.29, 0.717) is 5.57 Å². The maximum Gasteiger partial charge on any atom is 0.304 e. The molecule has 7 N–H and O–H groups in total. The van der Waals surface area contributed by atoms with Gasteiger partial charge in [-0.25, -0.2) is 0 Å². The second-order valence-electron chi connectivity index (χ2n) is 7.93. The molecule has 0 aliphatic rings. The van der Waals surface area contributed by atoms with Crippen molar-refractivity contribution < 1.29 is 44.1 Å². The minimum atomic E-state index is -1.43. The van der Waals surface area contributed by atoms with Crippen LogP contribution in [0, 0.1) is 5.92 Å². The van der Waals surface area contributed by atoms with E-state index in [1.807, 2.05) is 0 Å². The zero-order valence-corrected chi connectivity index (χ0v) is 19.8. The van der Waals surface area contributed by atoms with E-state index < -0.39 is 72.9 Å². The van der Waals surface area contributed by atoms with E-state index in [1.54, 1.807) is 32.1 Å². The number of carboxylic acid groups (broad SMARTS) is 3. The fourth-order valence-electron chi connectivity index (χ4n) is 2.94. The van der Waals surface area contributed by atoms with Crippen LogP contribution >= 0.6 is 0 Å². The van der Waals surface area contributed by atoms with Gasteiger partial charge in [0.25, 0.3) is 0 Å². The zero-order valence-electron chi connectivity index (χ0n) is 19.8. The summed E-state index contributed by atoms with van der Waals surface area (Å²) in [5.74, 6) is -7.57. The van der Waals surface area contributed by atoms with Gasteiger partial charge in [-0.1, -0.05) is 36.0 Å². The minimum absolute atomic E-state index is 0.0220. The maximum atomic E-state index is 12.9. The highest BCUT2D eigenvalue weighted by Crippen LogP contribution is 2.19. The van der Waals surface area contributed by atoms with E-state index in [2.05, 4.69) is 17.2 Å². The largest absolute Gasteiger partial charge is 0.481 e. The topological polar surface area (TPSA) is 213 Å². The fraction of sp³-hybridized carbons (Fsp3) is 0.478. The third-order valence-electron chi connectivity index (χ3n) is 4.81.